The van der Waals surface area contributed by atoms with Crippen LogP contribution in [0.5, 0.6) is 5.75 Å². The fourth-order valence-electron chi connectivity index (χ4n) is 4.51. The fourth-order valence-corrected chi connectivity index (χ4v) is 4.51. The number of nitrogens with zero attached hydrogens (tertiary/aromatic N) is 1. The molecule has 0 unspecified atom stereocenters. The second kappa shape index (κ2) is 7.08. The lowest BCUT2D eigenvalue weighted by molar-refractivity contribution is -0.0742. The summed E-state index contributed by atoms with van der Waals surface area (Å²) >= 11 is 0. The van der Waals surface area contributed by atoms with Crippen LogP contribution in [0.3, 0.4) is 0 Å². The van der Waals surface area contributed by atoms with Crippen LogP contribution in [0.25, 0.3) is 10.9 Å². The molecule has 1 N–H and O–H groups in total. The zero-order valence-electron chi connectivity index (χ0n) is 16.3. The Labute approximate surface area is 169 Å². The van der Waals surface area contributed by atoms with Gasteiger partial charge in [-0.25, -0.2) is 0 Å². The number of amides is 1. The minimum atomic E-state index is -0.231. The molecule has 0 radical (unpaired) electrons. The molecule has 1 saturated heterocycles. The Balaban J connectivity index is 1.31. The molecule has 5 rings (SSSR count). The van der Waals surface area contributed by atoms with Gasteiger partial charge < -0.3 is 19.4 Å². The maximum absolute atomic E-state index is 13.1. The molecule has 1 amide bonds. The Morgan fingerprint density at radius 1 is 1.21 bits per heavy atom. The molecule has 3 aromatic rings. The molecule has 2 aliphatic heterocycles. The van der Waals surface area contributed by atoms with Gasteiger partial charge in [0.25, 0.3) is 5.91 Å². The highest BCUT2D eigenvalue weighted by Crippen LogP contribution is 2.44. The van der Waals surface area contributed by atoms with Crippen molar-refractivity contribution in [2.24, 2.45) is 0 Å². The summed E-state index contributed by atoms with van der Waals surface area (Å²) in [6.07, 6.45) is 3.37. The Morgan fingerprint density at radius 3 is 2.86 bits per heavy atom. The van der Waals surface area contributed by atoms with Gasteiger partial charge in [0.1, 0.15) is 18.1 Å². The average Bonchev–Trinajstić information content (AvgIpc) is 3.34. The van der Waals surface area contributed by atoms with Crippen molar-refractivity contribution in [1.29, 1.82) is 0 Å². The molecule has 1 aromatic heterocycles. The number of piperidine rings is 1. The maximum Gasteiger partial charge on any atom is 0.270 e. The van der Waals surface area contributed by atoms with Crippen LogP contribution in [0.2, 0.25) is 0 Å². The molecule has 5 nitrogen and oxygen atoms in total. The number of benzene rings is 2. The predicted octanol–water partition coefficient (Wildman–Crippen LogP) is 4.39. The van der Waals surface area contributed by atoms with Crippen LogP contribution >= 0.6 is 0 Å². The highest BCUT2D eigenvalue weighted by Gasteiger charge is 2.43. The van der Waals surface area contributed by atoms with Gasteiger partial charge in [0, 0.05) is 24.0 Å². The van der Waals surface area contributed by atoms with E-state index in [1.807, 2.05) is 29.2 Å². The molecule has 0 bridgehead atoms. The summed E-state index contributed by atoms with van der Waals surface area (Å²) in [6, 6.07) is 16.1. The second-order valence-electron chi connectivity index (χ2n) is 7.76. The number of aromatic amines is 1. The number of fused-ring (bicyclic) bond motifs is 3. The number of likely N-dealkylation sites (tertiary alicyclic amines) is 1. The molecule has 148 valence electrons. The van der Waals surface area contributed by atoms with E-state index in [4.69, 9.17) is 9.47 Å². The number of ether oxygens (including phenoxy) is 2. The molecule has 29 heavy (non-hydrogen) atoms. The Hall–Kier alpha value is -3.05. The van der Waals surface area contributed by atoms with E-state index in [0.717, 1.165) is 29.5 Å². The van der Waals surface area contributed by atoms with E-state index in [2.05, 4.69) is 35.8 Å². The molecule has 0 atom stereocenters. The van der Waals surface area contributed by atoms with Crippen molar-refractivity contribution in [2.45, 2.75) is 25.0 Å². The summed E-state index contributed by atoms with van der Waals surface area (Å²) in [6.45, 7) is 6.18. The zero-order chi connectivity index (χ0) is 19.8. The first-order valence-electron chi connectivity index (χ1n) is 10.1. The van der Waals surface area contributed by atoms with Crippen molar-refractivity contribution >= 4 is 16.8 Å². The van der Waals surface area contributed by atoms with Crippen LogP contribution in [0.15, 0.2) is 61.2 Å². The summed E-state index contributed by atoms with van der Waals surface area (Å²) < 4.78 is 11.8. The van der Waals surface area contributed by atoms with Gasteiger partial charge in [-0.3, -0.25) is 4.79 Å². The molecular weight excluding hydrogens is 364 g/mol. The number of nitrogens with one attached hydrogen (secondary N) is 1. The summed E-state index contributed by atoms with van der Waals surface area (Å²) in [4.78, 5) is 18.3. The zero-order valence-corrected chi connectivity index (χ0v) is 16.3. The first-order chi connectivity index (χ1) is 14.2. The van der Waals surface area contributed by atoms with Gasteiger partial charge in [0.05, 0.1) is 12.2 Å². The van der Waals surface area contributed by atoms with Gasteiger partial charge in [-0.1, -0.05) is 36.9 Å². The third-order valence-electron chi connectivity index (χ3n) is 6.06. The Bertz CT molecular complexity index is 1080. The van der Waals surface area contributed by atoms with Gasteiger partial charge in [-0.05, 0) is 48.2 Å². The molecule has 5 heteroatoms. The number of aromatic nitrogens is 1. The lowest BCUT2D eigenvalue weighted by Crippen LogP contribution is -2.45. The molecule has 0 aliphatic carbocycles. The summed E-state index contributed by atoms with van der Waals surface area (Å²) in [5.41, 5.74) is 3.89. The van der Waals surface area contributed by atoms with E-state index in [0.29, 0.717) is 32.0 Å². The van der Waals surface area contributed by atoms with E-state index in [9.17, 15) is 4.79 Å². The quantitative estimate of drug-likeness (QED) is 0.674. The van der Waals surface area contributed by atoms with Crippen LogP contribution in [-0.4, -0.2) is 35.5 Å². The van der Waals surface area contributed by atoms with Gasteiger partial charge in [0.2, 0.25) is 0 Å². The SMILES string of the molecule is C=CCOc1ccc2[nH]c(C(=O)N3CCC4(CC3)OCc3ccccc34)cc2c1. The standard InChI is InChI=1S/C24H24N2O3/c1-2-13-28-19-7-8-21-18(14-19)15-22(25-21)23(27)26-11-9-24(10-12-26)20-6-4-3-5-17(20)16-29-24/h2-8,14-15,25H,1,9-13,16H2. The number of carbonyl (C=O) groups is 1. The Kier molecular flexibility index (Phi) is 4.40. The van der Waals surface area contributed by atoms with E-state index in [1.165, 1.54) is 11.1 Å². The van der Waals surface area contributed by atoms with Crippen molar-refractivity contribution in [2.75, 3.05) is 19.7 Å². The van der Waals surface area contributed by atoms with Gasteiger partial charge >= 0.3 is 0 Å². The van der Waals surface area contributed by atoms with E-state index in [1.54, 1.807) is 6.08 Å². The normalized spacial score (nSPS) is 17.4. The predicted molar refractivity (Wildman–Crippen MR) is 112 cm³/mol. The molecule has 2 aliphatic rings. The van der Waals surface area contributed by atoms with E-state index in [-0.39, 0.29) is 11.5 Å². The summed E-state index contributed by atoms with van der Waals surface area (Å²) in [5, 5.41) is 0.969. The van der Waals surface area contributed by atoms with E-state index < -0.39 is 0 Å². The van der Waals surface area contributed by atoms with Crippen molar-refractivity contribution < 1.29 is 14.3 Å². The molecule has 1 fully saturated rings. The number of H-pyrrole nitrogens is 1. The number of hydrogen-bond acceptors (Lipinski definition) is 3. The number of hydrogen-bond donors (Lipinski definition) is 1. The number of carbonyl (C=O) groups excluding carboxylic acids is 1. The average molecular weight is 388 g/mol. The molecular formula is C24H24N2O3. The molecule has 1 spiro atoms. The summed E-state index contributed by atoms with van der Waals surface area (Å²) in [7, 11) is 0. The first kappa shape index (κ1) is 18.0. The molecule has 0 saturated carbocycles. The largest absolute Gasteiger partial charge is 0.490 e. The van der Waals surface area contributed by atoms with Crippen molar-refractivity contribution in [3.8, 4) is 5.75 Å². The van der Waals surface area contributed by atoms with Gasteiger partial charge in [-0.2, -0.15) is 0 Å². The lowest BCUT2D eigenvalue weighted by atomic mass is 9.84. The monoisotopic (exact) mass is 388 g/mol. The highest BCUT2D eigenvalue weighted by molar-refractivity contribution is 5.98. The summed E-state index contributed by atoms with van der Waals surface area (Å²) in [5.74, 6) is 0.809. The van der Waals surface area contributed by atoms with E-state index >= 15 is 0 Å². The molecule has 3 heterocycles. The lowest BCUT2D eigenvalue weighted by Gasteiger charge is -2.39. The van der Waals surface area contributed by atoms with Gasteiger partial charge in [0.15, 0.2) is 0 Å². The highest BCUT2D eigenvalue weighted by atomic mass is 16.5. The van der Waals surface area contributed by atoms with Crippen LogP contribution in [0, 0.1) is 0 Å². The second-order valence-corrected chi connectivity index (χ2v) is 7.76. The molecule has 2 aromatic carbocycles. The van der Waals surface area contributed by atoms with Crippen molar-refractivity contribution in [1.82, 2.24) is 9.88 Å². The van der Waals surface area contributed by atoms with Gasteiger partial charge in [-0.15, -0.1) is 0 Å². The topological polar surface area (TPSA) is 54.6 Å². The minimum absolute atomic E-state index is 0.0379. The Morgan fingerprint density at radius 2 is 2.03 bits per heavy atom. The van der Waals surface area contributed by atoms with Crippen molar-refractivity contribution in [3.05, 3.63) is 78.0 Å². The fraction of sp³-hybridized carbons (Fsp3) is 0.292. The maximum atomic E-state index is 13.1. The third-order valence-corrected chi connectivity index (χ3v) is 6.06. The smallest absolute Gasteiger partial charge is 0.270 e. The third kappa shape index (κ3) is 3.12. The van der Waals surface area contributed by atoms with Crippen LogP contribution in [0.4, 0.5) is 0 Å². The van der Waals surface area contributed by atoms with Crippen LogP contribution in [-0.2, 0) is 16.9 Å². The van der Waals surface area contributed by atoms with Crippen LogP contribution in [0.1, 0.15) is 34.5 Å². The van der Waals surface area contributed by atoms with Crippen LogP contribution < -0.4 is 4.74 Å². The first-order valence-corrected chi connectivity index (χ1v) is 10.1. The minimum Gasteiger partial charge on any atom is -0.490 e. The number of rotatable bonds is 4. The van der Waals surface area contributed by atoms with Crippen molar-refractivity contribution in [3.63, 3.8) is 0 Å².